The Balaban J connectivity index is 0.00000144. The molecule has 1 aliphatic heterocycles. The molecule has 2 atom stereocenters. The summed E-state index contributed by atoms with van der Waals surface area (Å²) in [7, 11) is 0. The molecule has 1 fully saturated rings. The first-order chi connectivity index (χ1) is 7.81. The maximum atomic E-state index is 11.7. The van der Waals surface area contributed by atoms with Crippen LogP contribution < -0.4 is 10.6 Å². The number of amides is 1. The Bertz CT molecular complexity index is 294. The molecule has 5 heteroatoms. The molecular formula is C12H21ClN2O2. The molecule has 0 radical (unpaired) electrons. The number of halogens is 1. The van der Waals surface area contributed by atoms with E-state index in [1.54, 1.807) is 0 Å². The lowest BCUT2D eigenvalue weighted by molar-refractivity contribution is -0.123. The Morgan fingerprint density at radius 3 is 3.12 bits per heavy atom. The predicted molar refractivity (Wildman–Crippen MR) is 69.3 cm³/mol. The number of hydrogen-bond acceptors (Lipinski definition) is 3. The van der Waals surface area contributed by atoms with E-state index in [4.69, 9.17) is 4.74 Å². The molecule has 0 aromatic carbocycles. The maximum Gasteiger partial charge on any atom is 0.226 e. The van der Waals surface area contributed by atoms with Crippen LogP contribution >= 0.6 is 12.4 Å². The van der Waals surface area contributed by atoms with Gasteiger partial charge in [-0.2, -0.15) is 0 Å². The molecule has 0 aromatic heterocycles. The Kier molecular flexibility index (Phi) is 5.95. The molecule has 1 saturated carbocycles. The smallest absolute Gasteiger partial charge is 0.226 e. The molecule has 0 bridgehead atoms. The van der Waals surface area contributed by atoms with Gasteiger partial charge in [-0.05, 0) is 26.3 Å². The van der Waals surface area contributed by atoms with Crippen LogP contribution in [0.5, 0.6) is 0 Å². The highest BCUT2D eigenvalue weighted by atomic mass is 35.5. The number of nitrogens with one attached hydrogen (secondary N) is 2. The van der Waals surface area contributed by atoms with Crippen LogP contribution in [0.1, 0.15) is 19.8 Å². The highest BCUT2D eigenvalue weighted by molar-refractivity contribution is 5.85. The highest BCUT2D eigenvalue weighted by Crippen LogP contribution is 2.33. The molecule has 1 aliphatic carbocycles. The lowest BCUT2D eigenvalue weighted by Crippen LogP contribution is -2.31. The van der Waals surface area contributed by atoms with Crippen molar-refractivity contribution in [3.63, 3.8) is 0 Å². The van der Waals surface area contributed by atoms with Crippen molar-refractivity contribution in [2.45, 2.75) is 25.9 Å². The molecular weight excluding hydrogens is 240 g/mol. The monoisotopic (exact) mass is 260 g/mol. The largest absolute Gasteiger partial charge is 0.378 e. The van der Waals surface area contributed by atoms with Gasteiger partial charge in [0.1, 0.15) is 0 Å². The van der Waals surface area contributed by atoms with Gasteiger partial charge in [0.25, 0.3) is 0 Å². The van der Waals surface area contributed by atoms with E-state index < -0.39 is 0 Å². The minimum absolute atomic E-state index is 0. The van der Waals surface area contributed by atoms with Gasteiger partial charge in [0.15, 0.2) is 0 Å². The van der Waals surface area contributed by atoms with E-state index in [0.717, 1.165) is 25.9 Å². The SMILES string of the molecule is CCOC1CC1C(=O)NCC1=CCNCC1.Cl. The number of rotatable bonds is 5. The third-order valence-corrected chi connectivity index (χ3v) is 3.10. The van der Waals surface area contributed by atoms with Crippen LogP contribution in [0.2, 0.25) is 0 Å². The van der Waals surface area contributed by atoms with Crippen molar-refractivity contribution in [2.75, 3.05) is 26.2 Å². The van der Waals surface area contributed by atoms with E-state index >= 15 is 0 Å². The standard InChI is InChI=1S/C12H20N2O2.ClH/c1-2-16-11-7-10(11)12(15)14-8-9-3-5-13-6-4-9;/h3,10-11,13H,2,4-8H2,1H3,(H,14,15);1H. The summed E-state index contributed by atoms with van der Waals surface area (Å²) in [5, 5.41) is 6.24. The van der Waals surface area contributed by atoms with E-state index in [1.165, 1.54) is 5.57 Å². The third kappa shape index (κ3) is 4.30. The summed E-state index contributed by atoms with van der Waals surface area (Å²) in [6.07, 6.45) is 4.27. The Morgan fingerprint density at radius 2 is 2.47 bits per heavy atom. The first-order valence-electron chi connectivity index (χ1n) is 6.09. The first-order valence-corrected chi connectivity index (χ1v) is 6.09. The Morgan fingerprint density at radius 1 is 1.65 bits per heavy atom. The summed E-state index contributed by atoms with van der Waals surface area (Å²) in [6.45, 7) is 5.32. The number of carbonyl (C=O) groups excluding carboxylic acids is 1. The fourth-order valence-corrected chi connectivity index (χ4v) is 2.01. The molecule has 2 unspecified atom stereocenters. The number of ether oxygens (including phenoxy) is 1. The van der Waals surface area contributed by atoms with Crippen molar-refractivity contribution in [3.8, 4) is 0 Å². The summed E-state index contributed by atoms with van der Waals surface area (Å²) in [5.41, 5.74) is 1.33. The van der Waals surface area contributed by atoms with Crippen LogP contribution in [0.15, 0.2) is 11.6 Å². The molecule has 17 heavy (non-hydrogen) atoms. The van der Waals surface area contributed by atoms with Crippen molar-refractivity contribution in [3.05, 3.63) is 11.6 Å². The van der Waals surface area contributed by atoms with Gasteiger partial charge in [0.2, 0.25) is 5.91 Å². The van der Waals surface area contributed by atoms with Crippen LogP contribution in [-0.2, 0) is 9.53 Å². The van der Waals surface area contributed by atoms with E-state index in [9.17, 15) is 4.79 Å². The zero-order valence-corrected chi connectivity index (χ0v) is 11.0. The Hall–Kier alpha value is -0.580. The average molecular weight is 261 g/mol. The summed E-state index contributed by atoms with van der Waals surface area (Å²) in [5.74, 6) is 0.250. The summed E-state index contributed by atoms with van der Waals surface area (Å²) < 4.78 is 5.39. The van der Waals surface area contributed by atoms with Crippen molar-refractivity contribution in [1.82, 2.24) is 10.6 Å². The molecule has 98 valence electrons. The molecule has 0 aromatic rings. The fraction of sp³-hybridized carbons (Fsp3) is 0.750. The van der Waals surface area contributed by atoms with E-state index in [2.05, 4.69) is 16.7 Å². The summed E-state index contributed by atoms with van der Waals surface area (Å²) >= 11 is 0. The zero-order chi connectivity index (χ0) is 11.4. The van der Waals surface area contributed by atoms with Gasteiger partial charge in [-0.25, -0.2) is 0 Å². The molecule has 0 saturated heterocycles. The van der Waals surface area contributed by atoms with Crippen molar-refractivity contribution in [1.29, 1.82) is 0 Å². The van der Waals surface area contributed by atoms with Crippen LogP contribution in [-0.4, -0.2) is 38.3 Å². The highest BCUT2D eigenvalue weighted by Gasteiger charge is 2.43. The zero-order valence-electron chi connectivity index (χ0n) is 10.2. The van der Waals surface area contributed by atoms with E-state index in [0.29, 0.717) is 13.2 Å². The van der Waals surface area contributed by atoms with Crippen molar-refractivity contribution in [2.24, 2.45) is 5.92 Å². The van der Waals surface area contributed by atoms with Crippen molar-refractivity contribution >= 4 is 18.3 Å². The molecule has 0 spiro atoms. The normalized spacial score (nSPS) is 26.8. The van der Waals surface area contributed by atoms with Crippen LogP contribution in [0.25, 0.3) is 0 Å². The molecule has 4 nitrogen and oxygen atoms in total. The topological polar surface area (TPSA) is 50.4 Å². The molecule has 2 aliphatic rings. The second-order valence-electron chi connectivity index (χ2n) is 4.37. The Labute approximate surface area is 109 Å². The lowest BCUT2D eigenvalue weighted by atomic mass is 10.1. The van der Waals surface area contributed by atoms with Crippen molar-refractivity contribution < 1.29 is 9.53 Å². The van der Waals surface area contributed by atoms with Gasteiger partial charge < -0.3 is 15.4 Å². The quantitative estimate of drug-likeness (QED) is 0.722. The van der Waals surface area contributed by atoms with Crippen LogP contribution in [0, 0.1) is 5.92 Å². The number of hydrogen-bond donors (Lipinski definition) is 2. The van der Waals surface area contributed by atoms with Gasteiger partial charge in [-0.3, -0.25) is 4.79 Å². The lowest BCUT2D eigenvalue weighted by Gasteiger charge is -2.14. The second-order valence-corrected chi connectivity index (χ2v) is 4.37. The molecule has 1 amide bonds. The van der Waals surface area contributed by atoms with Gasteiger partial charge in [-0.15, -0.1) is 12.4 Å². The molecule has 2 N–H and O–H groups in total. The molecule has 1 heterocycles. The number of carbonyl (C=O) groups is 1. The molecule has 2 rings (SSSR count). The third-order valence-electron chi connectivity index (χ3n) is 3.10. The van der Waals surface area contributed by atoms with Crippen LogP contribution in [0.4, 0.5) is 0 Å². The summed E-state index contributed by atoms with van der Waals surface area (Å²) in [6, 6.07) is 0. The van der Waals surface area contributed by atoms with Crippen LogP contribution in [0.3, 0.4) is 0 Å². The fourth-order valence-electron chi connectivity index (χ4n) is 2.01. The minimum atomic E-state index is 0. The van der Waals surface area contributed by atoms with Gasteiger partial charge in [0, 0.05) is 19.7 Å². The summed E-state index contributed by atoms with van der Waals surface area (Å²) in [4.78, 5) is 11.7. The first kappa shape index (κ1) is 14.5. The van der Waals surface area contributed by atoms with Gasteiger partial charge in [-0.1, -0.05) is 11.6 Å². The predicted octanol–water partition coefficient (Wildman–Crippen LogP) is 0.869. The second kappa shape index (κ2) is 6.99. The van der Waals surface area contributed by atoms with E-state index in [1.807, 2.05) is 6.92 Å². The average Bonchev–Trinajstić information content (AvgIpc) is 3.07. The van der Waals surface area contributed by atoms with Gasteiger partial charge >= 0.3 is 0 Å². The maximum absolute atomic E-state index is 11.7. The minimum Gasteiger partial charge on any atom is -0.378 e. The van der Waals surface area contributed by atoms with E-state index in [-0.39, 0.29) is 30.3 Å². The van der Waals surface area contributed by atoms with Gasteiger partial charge in [0.05, 0.1) is 12.0 Å².